The molecule has 4 heteroatoms. The Kier molecular flexibility index (Phi) is 5.36. The number of nitrogens with one attached hydrogen (secondary N) is 1. The second-order valence-corrected chi connectivity index (χ2v) is 5.12. The molecular formula is C16H20ClN3. The quantitative estimate of drug-likeness (QED) is 0.870. The zero-order valence-electron chi connectivity index (χ0n) is 12.0. The summed E-state index contributed by atoms with van der Waals surface area (Å²) >= 11 is 6.20. The molecule has 1 N–H and O–H groups in total. The fourth-order valence-corrected chi connectivity index (χ4v) is 2.17. The highest BCUT2D eigenvalue weighted by molar-refractivity contribution is 6.31. The average molecular weight is 290 g/mol. The number of nitrogens with zero attached hydrogens (tertiary/aromatic N) is 2. The Morgan fingerprint density at radius 2 is 1.95 bits per heavy atom. The molecule has 0 unspecified atom stereocenters. The van der Waals surface area contributed by atoms with Crippen LogP contribution < -0.4 is 5.32 Å². The van der Waals surface area contributed by atoms with Gasteiger partial charge in [0.1, 0.15) is 11.6 Å². The molecule has 3 nitrogen and oxygen atoms in total. The van der Waals surface area contributed by atoms with E-state index in [0.29, 0.717) is 6.42 Å². The van der Waals surface area contributed by atoms with Crippen LogP contribution in [0.2, 0.25) is 5.02 Å². The van der Waals surface area contributed by atoms with Crippen LogP contribution in [-0.4, -0.2) is 16.5 Å². The molecule has 20 heavy (non-hydrogen) atoms. The molecule has 0 saturated heterocycles. The first-order chi connectivity index (χ1) is 9.72. The molecule has 2 rings (SSSR count). The van der Waals surface area contributed by atoms with E-state index in [0.717, 1.165) is 47.3 Å². The summed E-state index contributed by atoms with van der Waals surface area (Å²) in [6.07, 6.45) is 2.64. The van der Waals surface area contributed by atoms with Crippen LogP contribution in [0, 0.1) is 0 Å². The predicted octanol–water partition coefficient (Wildman–Crippen LogP) is 4.11. The van der Waals surface area contributed by atoms with Gasteiger partial charge in [-0.3, -0.25) is 0 Å². The van der Waals surface area contributed by atoms with Gasteiger partial charge < -0.3 is 5.32 Å². The number of aromatic nitrogens is 2. The van der Waals surface area contributed by atoms with Gasteiger partial charge in [0.05, 0.1) is 0 Å². The highest BCUT2D eigenvalue weighted by Gasteiger charge is 2.07. The SMILES string of the molecule is CCCNc1cc(CC)nc(Cc2ccccc2Cl)n1. The Morgan fingerprint density at radius 3 is 2.65 bits per heavy atom. The van der Waals surface area contributed by atoms with Crippen molar-refractivity contribution in [1.82, 2.24) is 9.97 Å². The van der Waals surface area contributed by atoms with Gasteiger partial charge in [0.15, 0.2) is 0 Å². The first kappa shape index (κ1) is 14.8. The first-order valence-corrected chi connectivity index (χ1v) is 7.44. The first-order valence-electron chi connectivity index (χ1n) is 7.07. The van der Waals surface area contributed by atoms with Crippen molar-refractivity contribution in [3.05, 3.63) is 52.4 Å². The fraction of sp³-hybridized carbons (Fsp3) is 0.375. The highest BCUT2D eigenvalue weighted by atomic mass is 35.5. The Labute approximate surface area is 125 Å². The minimum absolute atomic E-state index is 0.661. The van der Waals surface area contributed by atoms with Gasteiger partial charge in [-0.2, -0.15) is 0 Å². The van der Waals surface area contributed by atoms with Crippen LogP contribution in [0.4, 0.5) is 5.82 Å². The molecular weight excluding hydrogens is 270 g/mol. The fourth-order valence-electron chi connectivity index (χ4n) is 1.97. The van der Waals surface area contributed by atoms with Gasteiger partial charge in [0.2, 0.25) is 0 Å². The van der Waals surface area contributed by atoms with Crippen LogP contribution in [-0.2, 0) is 12.8 Å². The molecule has 0 saturated carbocycles. The van der Waals surface area contributed by atoms with Crippen LogP contribution in [0.3, 0.4) is 0 Å². The van der Waals surface area contributed by atoms with Crippen LogP contribution in [0.15, 0.2) is 30.3 Å². The summed E-state index contributed by atoms with van der Waals surface area (Å²) in [6.45, 7) is 5.16. The maximum absolute atomic E-state index is 6.20. The third kappa shape index (κ3) is 3.94. The summed E-state index contributed by atoms with van der Waals surface area (Å²) in [5.41, 5.74) is 2.12. The van der Waals surface area contributed by atoms with Gasteiger partial charge in [-0.05, 0) is 24.5 Å². The van der Waals surface area contributed by atoms with Gasteiger partial charge in [-0.1, -0.05) is 43.6 Å². The molecule has 2 aromatic rings. The van der Waals surface area contributed by atoms with Gasteiger partial charge in [-0.15, -0.1) is 0 Å². The maximum Gasteiger partial charge on any atom is 0.135 e. The summed E-state index contributed by atoms with van der Waals surface area (Å²) in [5, 5.41) is 4.09. The lowest BCUT2D eigenvalue weighted by molar-refractivity contribution is 0.892. The molecule has 106 valence electrons. The van der Waals surface area contributed by atoms with Crippen molar-refractivity contribution in [3.8, 4) is 0 Å². The molecule has 0 bridgehead atoms. The number of benzene rings is 1. The summed E-state index contributed by atoms with van der Waals surface area (Å²) in [6, 6.07) is 9.86. The highest BCUT2D eigenvalue weighted by Crippen LogP contribution is 2.18. The van der Waals surface area contributed by atoms with Crippen LogP contribution in [0.1, 0.15) is 37.4 Å². The van der Waals surface area contributed by atoms with E-state index in [1.165, 1.54) is 0 Å². The molecule has 1 aromatic carbocycles. The predicted molar refractivity (Wildman–Crippen MR) is 84.4 cm³/mol. The van der Waals surface area contributed by atoms with Crippen molar-refractivity contribution in [2.24, 2.45) is 0 Å². The molecule has 0 amide bonds. The Balaban J connectivity index is 2.24. The largest absolute Gasteiger partial charge is 0.370 e. The van der Waals surface area contributed by atoms with Crippen molar-refractivity contribution in [3.63, 3.8) is 0 Å². The molecule has 0 radical (unpaired) electrons. The van der Waals surface area contributed by atoms with E-state index in [1.807, 2.05) is 30.3 Å². The molecule has 0 fully saturated rings. The van der Waals surface area contributed by atoms with E-state index in [2.05, 4.69) is 29.1 Å². The third-order valence-electron chi connectivity index (χ3n) is 3.05. The topological polar surface area (TPSA) is 37.8 Å². The molecule has 1 heterocycles. The Bertz CT molecular complexity index is 569. The number of hydrogen-bond donors (Lipinski definition) is 1. The minimum atomic E-state index is 0.661. The second-order valence-electron chi connectivity index (χ2n) is 4.71. The number of hydrogen-bond acceptors (Lipinski definition) is 3. The lowest BCUT2D eigenvalue weighted by Gasteiger charge is -2.09. The average Bonchev–Trinajstić information content (AvgIpc) is 2.47. The van der Waals surface area contributed by atoms with Crippen LogP contribution in [0.25, 0.3) is 0 Å². The van der Waals surface area contributed by atoms with Crippen molar-refractivity contribution >= 4 is 17.4 Å². The van der Waals surface area contributed by atoms with Crippen molar-refractivity contribution in [2.75, 3.05) is 11.9 Å². The molecule has 0 aliphatic heterocycles. The zero-order chi connectivity index (χ0) is 14.4. The van der Waals surface area contributed by atoms with Gasteiger partial charge in [0.25, 0.3) is 0 Å². The van der Waals surface area contributed by atoms with E-state index in [1.54, 1.807) is 0 Å². The second kappa shape index (κ2) is 7.25. The zero-order valence-corrected chi connectivity index (χ0v) is 12.7. The van der Waals surface area contributed by atoms with E-state index in [9.17, 15) is 0 Å². The lowest BCUT2D eigenvalue weighted by atomic mass is 10.1. The summed E-state index contributed by atoms with van der Waals surface area (Å²) in [4.78, 5) is 9.16. The number of aryl methyl sites for hydroxylation is 1. The van der Waals surface area contributed by atoms with Crippen molar-refractivity contribution in [1.29, 1.82) is 0 Å². The minimum Gasteiger partial charge on any atom is -0.370 e. The van der Waals surface area contributed by atoms with E-state index in [4.69, 9.17) is 11.6 Å². The molecule has 0 spiro atoms. The summed E-state index contributed by atoms with van der Waals surface area (Å²) in [7, 11) is 0. The third-order valence-corrected chi connectivity index (χ3v) is 3.42. The molecule has 0 aliphatic rings. The smallest absolute Gasteiger partial charge is 0.135 e. The normalized spacial score (nSPS) is 10.6. The monoisotopic (exact) mass is 289 g/mol. The van der Waals surface area contributed by atoms with Crippen LogP contribution >= 0.6 is 11.6 Å². The maximum atomic E-state index is 6.20. The van der Waals surface area contributed by atoms with E-state index >= 15 is 0 Å². The number of anilines is 1. The standard InChI is InChI=1S/C16H20ClN3/c1-3-9-18-15-11-13(4-2)19-16(20-15)10-12-7-5-6-8-14(12)17/h5-8,11H,3-4,9-10H2,1-2H3,(H,18,19,20). The van der Waals surface area contributed by atoms with Crippen LogP contribution in [0.5, 0.6) is 0 Å². The van der Waals surface area contributed by atoms with Crippen molar-refractivity contribution in [2.45, 2.75) is 33.1 Å². The lowest BCUT2D eigenvalue weighted by Crippen LogP contribution is -2.07. The van der Waals surface area contributed by atoms with E-state index < -0.39 is 0 Å². The molecule has 0 atom stereocenters. The number of rotatable bonds is 6. The van der Waals surface area contributed by atoms with Gasteiger partial charge in [0, 0.05) is 29.7 Å². The van der Waals surface area contributed by atoms with E-state index in [-0.39, 0.29) is 0 Å². The Morgan fingerprint density at radius 1 is 1.15 bits per heavy atom. The van der Waals surface area contributed by atoms with Gasteiger partial charge in [-0.25, -0.2) is 9.97 Å². The number of halogens is 1. The van der Waals surface area contributed by atoms with Crippen molar-refractivity contribution < 1.29 is 0 Å². The summed E-state index contributed by atoms with van der Waals surface area (Å²) < 4.78 is 0. The molecule has 0 aliphatic carbocycles. The molecule has 1 aromatic heterocycles. The summed E-state index contributed by atoms with van der Waals surface area (Å²) in [5.74, 6) is 1.72. The Hall–Kier alpha value is -1.61. The van der Waals surface area contributed by atoms with Gasteiger partial charge >= 0.3 is 0 Å².